The van der Waals surface area contributed by atoms with Gasteiger partial charge in [0.2, 0.25) is 0 Å². The van der Waals surface area contributed by atoms with Gasteiger partial charge in [-0.25, -0.2) is 9.18 Å². The van der Waals surface area contributed by atoms with Crippen LogP contribution < -0.4 is 5.73 Å². The molecular weight excluding hydrogens is 301 g/mol. The van der Waals surface area contributed by atoms with Gasteiger partial charge in [-0.05, 0) is 42.0 Å². The monoisotopic (exact) mass is 311 g/mol. The van der Waals surface area contributed by atoms with Gasteiger partial charge in [-0.2, -0.15) is 0 Å². The predicted octanol–water partition coefficient (Wildman–Crippen LogP) is 4.05. The minimum atomic E-state index is -1.08. The van der Waals surface area contributed by atoms with Gasteiger partial charge in [0, 0.05) is 16.3 Å². The lowest BCUT2D eigenvalue weighted by atomic mass is 10.1. The van der Waals surface area contributed by atoms with Gasteiger partial charge < -0.3 is 10.8 Å². The van der Waals surface area contributed by atoms with E-state index in [4.69, 9.17) is 22.4 Å². The van der Waals surface area contributed by atoms with E-state index in [9.17, 15) is 9.18 Å². The van der Waals surface area contributed by atoms with E-state index in [1.807, 2.05) is 0 Å². The number of halogens is 2. The summed E-state index contributed by atoms with van der Waals surface area (Å²) in [6.45, 7) is 0. The average Bonchev–Trinajstić information content (AvgIpc) is 2.41. The molecule has 2 rings (SSSR count). The molecule has 0 fully saturated rings. The molecule has 0 aliphatic carbocycles. The Morgan fingerprint density at radius 3 is 2.75 bits per heavy atom. The Bertz CT molecular complexity index is 664. The number of benzene rings is 2. The highest BCUT2D eigenvalue weighted by molar-refractivity contribution is 7.98. The molecule has 0 unspecified atom stereocenters. The molecule has 0 atom stereocenters. The molecule has 0 aromatic heterocycles. The van der Waals surface area contributed by atoms with Crippen molar-refractivity contribution in [1.82, 2.24) is 0 Å². The minimum absolute atomic E-state index is 0.0562. The van der Waals surface area contributed by atoms with Crippen molar-refractivity contribution in [1.29, 1.82) is 0 Å². The van der Waals surface area contributed by atoms with Crippen molar-refractivity contribution >= 4 is 35.0 Å². The zero-order valence-corrected chi connectivity index (χ0v) is 11.8. The first-order valence-corrected chi connectivity index (χ1v) is 7.03. The van der Waals surface area contributed by atoms with E-state index >= 15 is 0 Å². The normalized spacial score (nSPS) is 10.5. The SMILES string of the molecule is Nc1ccc(Cl)c(SCc2cc(C(=O)O)ccc2F)c1. The predicted molar refractivity (Wildman–Crippen MR) is 78.8 cm³/mol. The van der Waals surface area contributed by atoms with Gasteiger partial charge in [0.25, 0.3) is 0 Å². The third-order valence-corrected chi connectivity index (χ3v) is 4.18. The number of thioether (sulfide) groups is 1. The highest BCUT2D eigenvalue weighted by Crippen LogP contribution is 2.32. The molecule has 6 heteroatoms. The van der Waals surface area contributed by atoms with Crippen molar-refractivity contribution in [3.8, 4) is 0 Å². The molecular formula is C14H11ClFNO2S. The van der Waals surface area contributed by atoms with Gasteiger partial charge in [-0.15, -0.1) is 11.8 Å². The molecule has 3 N–H and O–H groups in total. The summed E-state index contributed by atoms with van der Waals surface area (Å²) in [4.78, 5) is 11.6. The van der Waals surface area contributed by atoms with Crippen molar-refractivity contribution in [3.05, 3.63) is 58.4 Å². The van der Waals surface area contributed by atoms with Crippen LogP contribution in [0.5, 0.6) is 0 Å². The van der Waals surface area contributed by atoms with E-state index in [2.05, 4.69) is 0 Å². The molecule has 3 nitrogen and oxygen atoms in total. The number of carboxylic acids is 1. The topological polar surface area (TPSA) is 63.3 Å². The molecule has 0 aliphatic rings. The minimum Gasteiger partial charge on any atom is -0.478 e. The van der Waals surface area contributed by atoms with Crippen LogP contribution in [0.25, 0.3) is 0 Å². The summed E-state index contributed by atoms with van der Waals surface area (Å²) in [5, 5.41) is 9.43. The first-order valence-electron chi connectivity index (χ1n) is 5.67. The Morgan fingerprint density at radius 1 is 1.30 bits per heavy atom. The van der Waals surface area contributed by atoms with Gasteiger partial charge in [0.1, 0.15) is 5.82 Å². The fourth-order valence-electron chi connectivity index (χ4n) is 1.60. The molecule has 0 amide bonds. The average molecular weight is 312 g/mol. The highest BCUT2D eigenvalue weighted by Gasteiger charge is 2.10. The van der Waals surface area contributed by atoms with Crippen LogP contribution in [0.2, 0.25) is 5.02 Å². The van der Waals surface area contributed by atoms with E-state index in [1.165, 1.54) is 23.9 Å². The van der Waals surface area contributed by atoms with Crippen molar-refractivity contribution in [2.24, 2.45) is 0 Å². The van der Waals surface area contributed by atoms with Gasteiger partial charge >= 0.3 is 5.97 Å². The number of carbonyl (C=O) groups is 1. The van der Waals surface area contributed by atoms with Gasteiger partial charge in [-0.3, -0.25) is 0 Å². The second kappa shape index (κ2) is 6.15. The number of nitrogens with two attached hydrogens (primary N) is 1. The molecule has 2 aromatic carbocycles. The number of rotatable bonds is 4. The second-order valence-corrected chi connectivity index (χ2v) is 5.51. The van der Waals surface area contributed by atoms with Gasteiger partial charge in [-0.1, -0.05) is 11.6 Å². The maximum atomic E-state index is 13.7. The van der Waals surface area contributed by atoms with Crippen LogP contribution in [-0.4, -0.2) is 11.1 Å². The largest absolute Gasteiger partial charge is 0.478 e. The van der Waals surface area contributed by atoms with E-state index < -0.39 is 11.8 Å². The Morgan fingerprint density at radius 2 is 2.05 bits per heavy atom. The zero-order chi connectivity index (χ0) is 14.7. The molecule has 0 heterocycles. The van der Waals surface area contributed by atoms with Crippen LogP contribution in [-0.2, 0) is 5.75 Å². The lowest BCUT2D eigenvalue weighted by molar-refractivity contribution is 0.0696. The lowest BCUT2D eigenvalue weighted by Crippen LogP contribution is -1.99. The van der Waals surface area contributed by atoms with Crippen LogP contribution in [0.1, 0.15) is 15.9 Å². The maximum Gasteiger partial charge on any atom is 0.335 e. The smallest absolute Gasteiger partial charge is 0.335 e. The first kappa shape index (κ1) is 14.7. The van der Waals surface area contributed by atoms with Crippen molar-refractivity contribution < 1.29 is 14.3 Å². The summed E-state index contributed by atoms with van der Waals surface area (Å²) in [5.41, 5.74) is 6.60. The van der Waals surface area contributed by atoms with E-state index in [0.717, 1.165) is 11.0 Å². The number of aromatic carboxylic acids is 1. The summed E-state index contributed by atoms with van der Waals surface area (Å²) >= 11 is 7.32. The fraction of sp³-hybridized carbons (Fsp3) is 0.0714. The summed E-state index contributed by atoms with van der Waals surface area (Å²) in [6, 6.07) is 8.76. The van der Waals surface area contributed by atoms with E-state index in [0.29, 0.717) is 16.3 Å². The maximum absolute atomic E-state index is 13.7. The molecule has 0 radical (unpaired) electrons. The Hall–Kier alpha value is -1.72. The molecule has 104 valence electrons. The lowest BCUT2D eigenvalue weighted by Gasteiger charge is -2.07. The molecule has 0 bridgehead atoms. The first-order chi connectivity index (χ1) is 9.47. The van der Waals surface area contributed by atoms with Gasteiger partial charge in [0.05, 0.1) is 10.6 Å². The quantitative estimate of drug-likeness (QED) is 0.660. The van der Waals surface area contributed by atoms with Crippen molar-refractivity contribution in [3.63, 3.8) is 0 Å². The van der Waals surface area contributed by atoms with Crippen molar-refractivity contribution in [2.45, 2.75) is 10.6 Å². The van der Waals surface area contributed by atoms with Crippen LogP contribution in [0.15, 0.2) is 41.3 Å². The molecule has 0 saturated heterocycles. The Kier molecular flexibility index (Phi) is 4.52. The summed E-state index contributed by atoms with van der Waals surface area (Å²) in [6.07, 6.45) is 0. The third-order valence-electron chi connectivity index (χ3n) is 2.63. The third kappa shape index (κ3) is 3.43. The fourth-order valence-corrected chi connectivity index (χ4v) is 2.84. The summed E-state index contributed by atoms with van der Waals surface area (Å²) in [5.74, 6) is -1.25. The highest BCUT2D eigenvalue weighted by atomic mass is 35.5. The summed E-state index contributed by atoms with van der Waals surface area (Å²) in [7, 11) is 0. The van der Waals surface area contributed by atoms with E-state index in [-0.39, 0.29) is 11.3 Å². The molecule has 0 spiro atoms. The summed E-state index contributed by atoms with van der Waals surface area (Å²) < 4.78 is 13.7. The molecule has 2 aromatic rings. The standard InChI is InChI=1S/C14H11ClFNO2S/c15-11-3-2-10(17)6-13(11)20-7-9-5-8(14(18)19)1-4-12(9)16/h1-6H,7,17H2,(H,18,19). The number of nitrogen functional groups attached to an aromatic ring is 1. The van der Waals surface area contributed by atoms with Gasteiger partial charge in [0.15, 0.2) is 0 Å². The molecule has 0 saturated carbocycles. The van der Waals surface area contributed by atoms with Crippen LogP contribution in [0.3, 0.4) is 0 Å². The molecule has 0 aliphatic heterocycles. The Labute approximate surface area is 124 Å². The number of hydrogen-bond donors (Lipinski definition) is 2. The van der Waals surface area contributed by atoms with Crippen LogP contribution >= 0.6 is 23.4 Å². The van der Waals surface area contributed by atoms with Crippen LogP contribution in [0, 0.1) is 5.82 Å². The molecule has 20 heavy (non-hydrogen) atoms. The zero-order valence-electron chi connectivity index (χ0n) is 10.3. The van der Waals surface area contributed by atoms with E-state index in [1.54, 1.807) is 18.2 Å². The second-order valence-electron chi connectivity index (χ2n) is 4.09. The van der Waals surface area contributed by atoms with Crippen molar-refractivity contribution in [2.75, 3.05) is 5.73 Å². The number of hydrogen-bond acceptors (Lipinski definition) is 3. The van der Waals surface area contributed by atoms with Crippen LogP contribution in [0.4, 0.5) is 10.1 Å². The Balaban J connectivity index is 2.20. The number of anilines is 1. The number of carboxylic acid groups (broad SMARTS) is 1.